The van der Waals surface area contributed by atoms with Crippen LogP contribution in [0, 0.1) is 0 Å². The highest BCUT2D eigenvalue weighted by Gasteiger charge is 2.21. The maximum atomic E-state index is 10.0. The van der Waals surface area contributed by atoms with Gasteiger partial charge in [-0.05, 0) is 24.6 Å². The van der Waals surface area contributed by atoms with Crippen LogP contribution in [0.4, 0.5) is 0 Å². The van der Waals surface area contributed by atoms with Crippen LogP contribution in [-0.4, -0.2) is 11.7 Å². The summed E-state index contributed by atoms with van der Waals surface area (Å²) in [5.74, 6) is 1.01. The average Bonchev–Trinajstić information content (AvgIpc) is 2.38. The van der Waals surface area contributed by atoms with Crippen LogP contribution in [0.2, 0.25) is 0 Å². The van der Waals surface area contributed by atoms with Crippen molar-refractivity contribution < 1.29 is 9.84 Å². The van der Waals surface area contributed by atoms with Gasteiger partial charge >= 0.3 is 0 Å². The topological polar surface area (TPSA) is 41.5 Å². The van der Waals surface area contributed by atoms with Gasteiger partial charge in [0.2, 0.25) is 0 Å². The summed E-state index contributed by atoms with van der Waals surface area (Å²) in [7, 11) is 0. The van der Waals surface area contributed by atoms with E-state index in [-0.39, 0.29) is 0 Å². The second-order valence-electron chi connectivity index (χ2n) is 4.79. The van der Waals surface area contributed by atoms with Crippen molar-refractivity contribution in [3.63, 3.8) is 0 Å². The number of hydrogen-bond acceptors (Lipinski definition) is 3. The highest BCUT2D eigenvalue weighted by atomic mass is 16.5. The van der Waals surface area contributed by atoms with E-state index < -0.39 is 0 Å². The predicted molar refractivity (Wildman–Crippen MR) is 74.2 cm³/mol. The third kappa shape index (κ3) is 2.71. The minimum Gasteiger partial charge on any atom is -0.507 e. The van der Waals surface area contributed by atoms with Crippen molar-refractivity contribution in [3.05, 3.63) is 59.7 Å². The molecule has 1 fully saturated rings. The molecule has 1 saturated heterocycles. The summed E-state index contributed by atoms with van der Waals surface area (Å²) < 4.78 is 5.68. The summed E-state index contributed by atoms with van der Waals surface area (Å²) >= 11 is 0. The summed E-state index contributed by atoms with van der Waals surface area (Å²) in [5, 5.41) is 13.3. The normalized spacial score (nSPS) is 17.8. The average molecular weight is 255 g/mol. The van der Waals surface area contributed by atoms with Gasteiger partial charge in [-0.15, -0.1) is 0 Å². The smallest absolute Gasteiger partial charge is 0.124 e. The predicted octanol–water partition coefficient (Wildman–Crippen LogP) is 3.01. The lowest BCUT2D eigenvalue weighted by Crippen LogP contribution is -2.34. The SMILES string of the molecule is Oc1cc(OCc2ccccc2)ccc1C1CCN1. The van der Waals surface area contributed by atoms with E-state index in [0.717, 1.165) is 24.1 Å². The zero-order valence-corrected chi connectivity index (χ0v) is 10.7. The van der Waals surface area contributed by atoms with Crippen LogP contribution in [0.1, 0.15) is 23.6 Å². The molecule has 98 valence electrons. The van der Waals surface area contributed by atoms with E-state index in [4.69, 9.17) is 4.74 Å². The van der Waals surface area contributed by atoms with Crippen molar-refractivity contribution in [2.75, 3.05) is 6.54 Å². The van der Waals surface area contributed by atoms with Crippen LogP contribution in [0.25, 0.3) is 0 Å². The van der Waals surface area contributed by atoms with Gasteiger partial charge in [-0.2, -0.15) is 0 Å². The highest BCUT2D eigenvalue weighted by molar-refractivity contribution is 5.42. The third-order valence-electron chi connectivity index (χ3n) is 3.45. The Morgan fingerprint density at radius 2 is 1.95 bits per heavy atom. The van der Waals surface area contributed by atoms with Gasteiger partial charge in [0.1, 0.15) is 18.1 Å². The molecule has 0 aliphatic carbocycles. The first kappa shape index (κ1) is 12.1. The molecule has 3 heteroatoms. The van der Waals surface area contributed by atoms with Gasteiger partial charge in [-0.1, -0.05) is 36.4 Å². The molecule has 2 aromatic carbocycles. The Morgan fingerprint density at radius 3 is 2.58 bits per heavy atom. The fourth-order valence-corrected chi connectivity index (χ4v) is 2.20. The molecular weight excluding hydrogens is 238 g/mol. The van der Waals surface area contributed by atoms with Crippen molar-refractivity contribution >= 4 is 0 Å². The van der Waals surface area contributed by atoms with Gasteiger partial charge < -0.3 is 15.2 Å². The number of rotatable bonds is 4. The Balaban J connectivity index is 1.67. The number of ether oxygens (including phenoxy) is 1. The van der Waals surface area contributed by atoms with Crippen molar-refractivity contribution in [2.45, 2.75) is 19.1 Å². The number of aromatic hydroxyl groups is 1. The van der Waals surface area contributed by atoms with Crippen LogP contribution in [0.3, 0.4) is 0 Å². The summed E-state index contributed by atoms with van der Waals surface area (Å²) in [6.45, 7) is 1.54. The molecule has 0 radical (unpaired) electrons. The lowest BCUT2D eigenvalue weighted by atomic mass is 9.97. The molecule has 0 bridgehead atoms. The fourth-order valence-electron chi connectivity index (χ4n) is 2.20. The Morgan fingerprint density at radius 1 is 1.16 bits per heavy atom. The maximum Gasteiger partial charge on any atom is 0.124 e. The van der Waals surface area contributed by atoms with Crippen LogP contribution >= 0.6 is 0 Å². The number of benzene rings is 2. The van der Waals surface area contributed by atoms with E-state index >= 15 is 0 Å². The molecule has 1 aliphatic heterocycles. The first-order valence-electron chi connectivity index (χ1n) is 6.56. The second-order valence-corrected chi connectivity index (χ2v) is 4.79. The largest absolute Gasteiger partial charge is 0.507 e. The van der Waals surface area contributed by atoms with Crippen LogP contribution in [0.5, 0.6) is 11.5 Å². The standard InChI is InChI=1S/C16H17NO2/c18-16-10-13(6-7-14(16)15-8-9-17-15)19-11-12-4-2-1-3-5-12/h1-7,10,15,17-18H,8-9,11H2. The van der Waals surface area contributed by atoms with Gasteiger partial charge in [0, 0.05) is 17.7 Å². The lowest BCUT2D eigenvalue weighted by Gasteiger charge is -2.28. The van der Waals surface area contributed by atoms with Crippen molar-refractivity contribution in [1.29, 1.82) is 0 Å². The highest BCUT2D eigenvalue weighted by Crippen LogP contribution is 2.33. The third-order valence-corrected chi connectivity index (χ3v) is 3.45. The Labute approximate surface area is 112 Å². The molecule has 0 saturated carbocycles. The van der Waals surface area contributed by atoms with Crippen molar-refractivity contribution in [1.82, 2.24) is 5.32 Å². The molecule has 3 nitrogen and oxygen atoms in total. The quantitative estimate of drug-likeness (QED) is 0.882. The maximum absolute atomic E-state index is 10.0. The molecule has 3 rings (SSSR count). The van der Waals surface area contributed by atoms with E-state index in [1.54, 1.807) is 6.07 Å². The number of phenolic OH excluding ortho intramolecular Hbond substituents is 1. The van der Waals surface area contributed by atoms with E-state index in [9.17, 15) is 5.11 Å². The molecule has 0 aromatic heterocycles. The summed E-state index contributed by atoms with van der Waals surface area (Å²) in [6.07, 6.45) is 1.08. The number of phenols is 1. The molecule has 1 heterocycles. The molecule has 2 N–H and O–H groups in total. The lowest BCUT2D eigenvalue weighted by molar-refractivity contribution is 0.302. The number of nitrogens with one attached hydrogen (secondary N) is 1. The second kappa shape index (κ2) is 5.33. The minimum atomic E-state index is 0.295. The van der Waals surface area contributed by atoms with Gasteiger partial charge in [-0.3, -0.25) is 0 Å². The Kier molecular flexibility index (Phi) is 3.38. The summed E-state index contributed by atoms with van der Waals surface area (Å²) in [5.41, 5.74) is 2.07. The molecule has 0 amide bonds. The Bertz CT molecular complexity index is 550. The zero-order valence-electron chi connectivity index (χ0n) is 10.7. The van der Waals surface area contributed by atoms with Gasteiger partial charge in [0.05, 0.1) is 0 Å². The minimum absolute atomic E-state index is 0.295. The molecule has 19 heavy (non-hydrogen) atoms. The molecule has 0 spiro atoms. The van der Waals surface area contributed by atoms with E-state index in [1.807, 2.05) is 42.5 Å². The summed E-state index contributed by atoms with van der Waals surface area (Å²) in [4.78, 5) is 0. The number of hydrogen-bond donors (Lipinski definition) is 2. The van der Waals surface area contributed by atoms with Crippen molar-refractivity contribution in [3.8, 4) is 11.5 Å². The van der Waals surface area contributed by atoms with E-state index in [0.29, 0.717) is 24.1 Å². The molecule has 2 aromatic rings. The van der Waals surface area contributed by atoms with Crippen LogP contribution in [-0.2, 0) is 6.61 Å². The molecule has 1 unspecified atom stereocenters. The van der Waals surface area contributed by atoms with Gasteiger partial charge in [-0.25, -0.2) is 0 Å². The van der Waals surface area contributed by atoms with Crippen LogP contribution in [0.15, 0.2) is 48.5 Å². The monoisotopic (exact) mass is 255 g/mol. The molecule has 1 atom stereocenters. The van der Waals surface area contributed by atoms with E-state index in [1.165, 1.54) is 0 Å². The summed E-state index contributed by atoms with van der Waals surface area (Å²) in [6, 6.07) is 15.8. The Hall–Kier alpha value is -2.00. The zero-order chi connectivity index (χ0) is 13.1. The van der Waals surface area contributed by atoms with Gasteiger partial charge in [0.15, 0.2) is 0 Å². The molecular formula is C16H17NO2. The van der Waals surface area contributed by atoms with Crippen LogP contribution < -0.4 is 10.1 Å². The van der Waals surface area contributed by atoms with Gasteiger partial charge in [0.25, 0.3) is 0 Å². The molecule has 1 aliphatic rings. The first-order valence-corrected chi connectivity index (χ1v) is 6.56. The van der Waals surface area contributed by atoms with E-state index in [2.05, 4.69) is 5.32 Å². The first-order chi connectivity index (χ1) is 9.33. The van der Waals surface area contributed by atoms with Crippen molar-refractivity contribution in [2.24, 2.45) is 0 Å². The fraction of sp³-hybridized carbons (Fsp3) is 0.250.